The zero-order valence-electron chi connectivity index (χ0n) is 12.4. The summed E-state index contributed by atoms with van der Waals surface area (Å²) in [6, 6.07) is 3.93. The van der Waals surface area contributed by atoms with Crippen LogP contribution in [0.1, 0.15) is 12.8 Å². The molecule has 0 radical (unpaired) electrons. The summed E-state index contributed by atoms with van der Waals surface area (Å²) in [6.45, 7) is 2.84. The molecule has 1 aliphatic heterocycles. The van der Waals surface area contributed by atoms with Crippen LogP contribution in [0.15, 0.2) is 23.1 Å². The van der Waals surface area contributed by atoms with Crippen LogP contribution in [0.2, 0.25) is 0 Å². The van der Waals surface area contributed by atoms with E-state index >= 15 is 0 Å². The van der Waals surface area contributed by atoms with Gasteiger partial charge in [-0.3, -0.25) is 0 Å². The maximum Gasteiger partial charge on any atom is 0.240 e. The van der Waals surface area contributed by atoms with Gasteiger partial charge in [0.1, 0.15) is 5.82 Å². The van der Waals surface area contributed by atoms with Crippen LogP contribution >= 0.6 is 0 Å². The normalized spacial score (nSPS) is 17.9. The van der Waals surface area contributed by atoms with Gasteiger partial charge in [0.25, 0.3) is 0 Å². The monoisotopic (exact) mass is 315 g/mol. The number of rotatable bonds is 5. The third-order valence-corrected chi connectivity index (χ3v) is 5.35. The molecular formula is C14H22FN3O2S. The Balaban J connectivity index is 1.98. The lowest BCUT2D eigenvalue weighted by atomic mass is 9.97. The molecule has 21 heavy (non-hydrogen) atoms. The predicted octanol–water partition coefficient (Wildman–Crippen LogP) is 1.49. The second-order valence-electron chi connectivity index (χ2n) is 5.48. The molecule has 0 amide bonds. The molecule has 1 aromatic rings. The maximum absolute atomic E-state index is 14.0. The number of sulfonamides is 1. The average molecular weight is 315 g/mol. The molecule has 0 unspecified atom stereocenters. The van der Waals surface area contributed by atoms with Crippen LogP contribution in [0.3, 0.4) is 0 Å². The summed E-state index contributed by atoms with van der Waals surface area (Å²) in [5, 5.41) is 3.09. The van der Waals surface area contributed by atoms with E-state index in [1.54, 1.807) is 0 Å². The molecule has 2 N–H and O–H groups in total. The topological polar surface area (TPSA) is 61.4 Å². The van der Waals surface area contributed by atoms with Crippen molar-refractivity contribution in [2.75, 3.05) is 39.0 Å². The van der Waals surface area contributed by atoms with E-state index < -0.39 is 15.8 Å². The van der Waals surface area contributed by atoms with Crippen molar-refractivity contribution in [2.45, 2.75) is 17.7 Å². The van der Waals surface area contributed by atoms with Crippen molar-refractivity contribution in [2.24, 2.45) is 5.92 Å². The standard InChI is InChI=1S/C14H22FN3O2S/c1-16-21(19,20)12-3-4-14(13(15)9-12)17-10-11-5-7-18(2)8-6-11/h3-4,9,11,16-17H,5-8,10H2,1-2H3. The average Bonchev–Trinajstić information content (AvgIpc) is 2.47. The first-order valence-corrected chi connectivity index (χ1v) is 8.56. The summed E-state index contributed by atoms with van der Waals surface area (Å²) in [4.78, 5) is 2.22. The molecule has 0 bridgehead atoms. The van der Waals surface area contributed by atoms with Gasteiger partial charge in [0.15, 0.2) is 0 Å². The minimum absolute atomic E-state index is 0.0626. The van der Waals surface area contributed by atoms with Gasteiger partial charge >= 0.3 is 0 Å². The van der Waals surface area contributed by atoms with Crippen LogP contribution in [0.5, 0.6) is 0 Å². The molecule has 1 heterocycles. The van der Waals surface area contributed by atoms with E-state index in [0.717, 1.165) is 32.0 Å². The van der Waals surface area contributed by atoms with Gasteiger partial charge < -0.3 is 10.2 Å². The van der Waals surface area contributed by atoms with Gasteiger partial charge in [0, 0.05) is 6.54 Å². The lowest BCUT2D eigenvalue weighted by Gasteiger charge is -2.29. The number of nitrogens with zero attached hydrogens (tertiary/aromatic N) is 1. The predicted molar refractivity (Wildman–Crippen MR) is 81.4 cm³/mol. The molecule has 1 aliphatic rings. The van der Waals surface area contributed by atoms with E-state index in [1.807, 2.05) is 0 Å². The van der Waals surface area contributed by atoms with Gasteiger partial charge in [-0.2, -0.15) is 0 Å². The molecule has 7 heteroatoms. The molecule has 0 saturated carbocycles. The first-order chi connectivity index (χ1) is 9.92. The number of benzene rings is 1. The quantitative estimate of drug-likeness (QED) is 0.864. The van der Waals surface area contributed by atoms with Crippen molar-refractivity contribution in [3.05, 3.63) is 24.0 Å². The smallest absolute Gasteiger partial charge is 0.240 e. The van der Waals surface area contributed by atoms with Crippen LogP contribution in [-0.4, -0.2) is 47.0 Å². The highest BCUT2D eigenvalue weighted by molar-refractivity contribution is 7.89. The Labute approximate surface area is 125 Å². The molecule has 5 nitrogen and oxygen atoms in total. The molecule has 0 spiro atoms. The number of halogens is 1. The lowest BCUT2D eigenvalue weighted by Crippen LogP contribution is -2.33. The van der Waals surface area contributed by atoms with Crippen molar-refractivity contribution >= 4 is 15.7 Å². The Kier molecular flexibility index (Phi) is 5.18. The summed E-state index contributed by atoms with van der Waals surface area (Å²) in [5.74, 6) is -0.0134. The number of nitrogens with one attached hydrogen (secondary N) is 2. The first kappa shape index (κ1) is 16.2. The van der Waals surface area contributed by atoms with Crippen molar-refractivity contribution in [1.82, 2.24) is 9.62 Å². The Bertz CT molecular complexity index is 584. The fraction of sp³-hybridized carbons (Fsp3) is 0.571. The second-order valence-corrected chi connectivity index (χ2v) is 7.36. The number of hydrogen-bond donors (Lipinski definition) is 2. The Morgan fingerprint density at radius 1 is 1.33 bits per heavy atom. The van der Waals surface area contributed by atoms with Crippen molar-refractivity contribution < 1.29 is 12.8 Å². The van der Waals surface area contributed by atoms with E-state index in [9.17, 15) is 12.8 Å². The maximum atomic E-state index is 14.0. The summed E-state index contributed by atoms with van der Waals surface area (Å²) >= 11 is 0. The molecule has 1 aromatic carbocycles. The fourth-order valence-corrected chi connectivity index (χ4v) is 3.19. The highest BCUT2D eigenvalue weighted by Gasteiger charge is 2.18. The summed E-state index contributed by atoms with van der Waals surface area (Å²) in [6.07, 6.45) is 2.19. The van der Waals surface area contributed by atoms with Gasteiger partial charge in [0.05, 0.1) is 10.6 Å². The zero-order valence-corrected chi connectivity index (χ0v) is 13.2. The molecule has 1 saturated heterocycles. The van der Waals surface area contributed by atoms with Gasteiger partial charge in [-0.1, -0.05) is 0 Å². The Hall–Kier alpha value is -1.18. The number of likely N-dealkylation sites (tertiary alicyclic amines) is 1. The SMILES string of the molecule is CNS(=O)(=O)c1ccc(NCC2CCN(C)CC2)c(F)c1. The summed E-state index contributed by atoms with van der Waals surface area (Å²) < 4.78 is 39.3. The minimum atomic E-state index is -3.60. The zero-order chi connectivity index (χ0) is 15.5. The molecule has 118 valence electrons. The molecule has 0 aromatic heterocycles. The Morgan fingerprint density at radius 3 is 2.57 bits per heavy atom. The highest BCUT2D eigenvalue weighted by Crippen LogP contribution is 2.21. The molecule has 1 fully saturated rings. The van der Waals surface area contributed by atoms with Crippen LogP contribution in [0.4, 0.5) is 10.1 Å². The van der Waals surface area contributed by atoms with Crippen molar-refractivity contribution in [1.29, 1.82) is 0 Å². The highest BCUT2D eigenvalue weighted by atomic mass is 32.2. The molecular weight excluding hydrogens is 293 g/mol. The van der Waals surface area contributed by atoms with Gasteiger partial charge in [-0.15, -0.1) is 0 Å². The van der Waals surface area contributed by atoms with E-state index in [2.05, 4.69) is 22.0 Å². The van der Waals surface area contributed by atoms with E-state index in [4.69, 9.17) is 0 Å². The summed E-state index contributed by atoms with van der Waals surface area (Å²) in [7, 11) is -0.196. The third-order valence-electron chi connectivity index (χ3n) is 3.94. The summed E-state index contributed by atoms with van der Waals surface area (Å²) in [5.41, 5.74) is 0.351. The number of hydrogen-bond acceptors (Lipinski definition) is 4. The van der Waals surface area contributed by atoms with Gasteiger partial charge in [-0.05, 0) is 64.1 Å². The van der Waals surface area contributed by atoms with Crippen LogP contribution in [0, 0.1) is 11.7 Å². The second kappa shape index (κ2) is 6.72. The van der Waals surface area contributed by atoms with E-state index in [0.29, 0.717) is 18.2 Å². The molecule has 0 aliphatic carbocycles. The Morgan fingerprint density at radius 2 is 2.00 bits per heavy atom. The van der Waals surface area contributed by atoms with E-state index in [1.165, 1.54) is 19.2 Å². The third kappa shape index (κ3) is 4.15. The van der Waals surface area contributed by atoms with Gasteiger partial charge in [0.2, 0.25) is 10.0 Å². The lowest BCUT2D eigenvalue weighted by molar-refractivity contribution is 0.226. The fourth-order valence-electron chi connectivity index (χ4n) is 2.44. The first-order valence-electron chi connectivity index (χ1n) is 7.08. The van der Waals surface area contributed by atoms with Crippen LogP contribution in [0.25, 0.3) is 0 Å². The number of anilines is 1. The number of piperidine rings is 1. The minimum Gasteiger partial charge on any atom is -0.382 e. The van der Waals surface area contributed by atoms with Crippen molar-refractivity contribution in [3.8, 4) is 0 Å². The van der Waals surface area contributed by atoms with Gasteiger partial charge in [-0.25, -0.2) is 17.5 Å². The molecule has 0 atom stereocenters. The molecule has 2 rings (SSSR count). The van der Waals surface area contributed by atoms with Crippen molar-refractivity contribution in [3.63, 3.8) is 0 Å². The van der Waals surface area contributed by atoms with E-state index in [-0.39, 0.29) is 4.90 Å². The van der Waals surface area contributed by atoms with Crippen LogP contribution in [-0.2, 0) is 10.0 Å². The largest absolute Gasteiger partial charge is 0.382 e. The van der Waals surface area contributed by atoms with Crippen LogP contribution < -0.4 is 10.0 Å².